The maximum Gasteiger partial charge on any atom is 0.344 e. The van der Waals surface area contributed by atoms with E-state index in [0.717, 1.165) is 5.39 Å². The highest BCUT2D eigenvalue weighted by atomic mass is 127. The molecule has 0 spiro atoms. The average molecular weight is 614 g/mol. The summed E-state index contributed by atoms with van der Waals surface area (Å²) >= 11 is 8.17. The van der Waals surface area contributed by atoms with Gasteiger partial charge in [-0.3, -0.25) is 4.79 Å². The molecule has 0 aliphatic rings. The molecular weight excluding hydrogens is 597 g/mol. The molecule has 2 aromatic heterocycles. The van der Waals surface area contributed by atoms with Crippen molar-refractivity contribution in [3.05, 3.63) is 91.2 Å². The van der Waals surface area contributed by atoms with E-state index in [1.54, 1.807) is 66.7 Å². The quantitative estimate of drug-likeness (QED) is 0.192. The molecule has 0 fully saturated rings. The monoisotopic (exact) mass is 613 g/mol. The first-order valence-electron chi connectivity index (χ1n) is 10.7. The number of carbonyl (C=O) groups is 1. The van der Waals surface area contributed by atoms with Crippen LogP contribution < -0.4 is 10.3 Å². The summed E-state index contributed by atoms with van der Waals surface area (Å²) in [5.74, 6) is -0.00529. The van der Waals surface area contributed by atoms with Gasteiger partial charge in [0, 0.05) is 10.4 Å². The number of carboxylic acids is 1. The number of nitrogens with zero attached hydrogens (tertiary/aromatic N) is 3. The lowest BCUT2D eigenvalue weighted by molar-refractivity contribution is -0.144. The minimum absolute atomic E-state index is 0.243. The van der Waals surface area contributed by atoms with E-state index >= 15 is 0 Å². The predicted molar refractivity (Wildman–Crippen MR) is 146 cm³/mol. The third kappa shape index (κ3) is 4.71. The highest BCUT2D eigenvalue weighted by molar-refractivity contribution is 14.1. The minimum atomic E-state index is -1.06. The largest absolute Gasteiger partial charge is 0.479 e. The third-order valence-corrected chi connectivity index (χ3v) is 6.46. The molecule has 0 bridgehead atoms. The fraction of sp³-hybridized carbons (Fsp3) is 0.0769. The Morgan fingerprint density at radius 1 is 1.19 bits per heavy atom. The number of fused-ring (bicyclic) bond motifs is 2. The minimum Gasteiger partial charge on any atom is -0.479 e. The Hall–Kier alpha value is -3.70. The number of aromatic nitrogens is 2. The fourth-order valence-corrected chi connectivity index (χ4v) is 4.42. The van der Waals surface area contributed by atoms with E-state index in [2.05, 4.69) is 32.7 Å². The molecule has 0 aliphatic carbocycles. The molecule has 180 valence electrons. The number of rotatable bonds is 6. The molecule has 1 N–H and O–H groups in total. The van der Waals surface area contributed by atoms with Crippen molar-refractivity contribution in [1.82, 2.24) is 9.66 Å². The summed E-state index contributed by atoms with van der Waals surface area (Å²) in [5, 5.41) is 15.3. The Bertz CT molecular complexity index is 1730. The zero-order valence-corrected chi connectivity index (χ0v) is 21.6. The molecule has 0 saturated heterocycles. The summed E-state index contributed by atoms with van der Waals surface area (Å²) in [7, 11) is 0. The number of para-hydroxylation sites is 1. The molecule has 5 aromatic rings. The standard InChI is InChI=1S/C26H17ClIN3O5/c1-14(26(33)34)35-22-8-6-15(10-19(22)28)13-29-31-24(30-20-5-3-2-4-18(20)25(31)32)23-12-16-11-17(27)7-9-21(16)36-23/h2-14H,1H3,(H,33,34)/t14-/m0/s1. The lowest BCUT2D eigenvalue weighted by Gasteiger charge is -2.12. The van der Waals surface area contributed by atoms with Crippen LogP contribution in [0.3, 0.4) is 0 Å². The molecule has 0 radical (unpaired) electrons. The van der Waals surface area contributed by atoms with Crippen LogP contribution in [0, 0.1) is 3.57 Å². The predicted octanol–water partition coefficient (Wildman–Crippen LogP) is 5.80. The van der Waals surface area contributed by atoms with Crippen molar-refractivity contribution in [2.75, 3.05) is 0 Å². The van der Waals surface area contributed by atoms with Gasteiger partial charge in [-0.1, -0.05) is 23.7 Å². The first-order chi connectivity index (χ1) is 17.3. The van der Waals surface area contributed by atoms with E-state index in [9.17, 15) is 9.59 Å². The molecule has 10 heteroatoms. The van der Waals surface area contributed by atoms with Crippen molar-refractivity contribution < 1.29 is 19.1 Å². The second-order valence-corrected chi connectivity index (χ2v) is 9.49. The van der Waals surface area contributed by atoms with E-state index in [-0.39, 0.29) is 11.4 Å². The van der Waals surface area contributed by atoms with Gasteiger partial charge in [0.05, 0.1) is 20.7 Å². The van der Waals surface area contributed by atoms with Gasteiger partial charge in [-0.15, -0.1) is 0 Å². The van der Waals surface area contributed by atoms with Gasteiger partial charge in [0.25, 0.3) is 5.56 Å². The van der Waals surface area contributed by atoms with E-state index in [4.69, 9.17) is 25.9 Å². The smallest absolute Gasteiger partial charge is 0.344 e. The number of aliphatic carboxylic acids is 1. The van der Waals surface area contributed by atoms with E-state index in [1.807, 2.05) is 0 Å². The maximum atomic E-state index is 13.4. The Labute approximate surface area is 222 Å². The molecule has 1 atom stereocenters. The molecule has 5 rings (SSSR count). The number of furan rings is 1. The lowest BCUT2D eigenvalue weighted by atomic mass is 10.2. The van der Waals surface area contributed by atoms with Gasteiger partial charge in [0.1, 0.15) is 11.3 Å². The van der Waals surface area contributed by atoms with Crippen molar-refractivity contribution in [3.8, 4) is 17.3 Å². The Morgan fingerprint density at radius 2 is 2.00 bits per heavy atom. The molecule has 3 aromatic carbocycles. The number of hydrogen-bond acceptors (Lipinski definition) is 6. The van der Waals surface area contributed by atoms with E-state index in [0.29, 0.717) is 42.2 Å². The van der Waals surface area contributed by atoms with Crippen molar-refractivity contribution >= 4 is 68.2 Å². The average Bonchev–Trinajstić information content (AvgIpc) is 3.28. The van der Waals surface area contributed by atoms with Crippen LogP contribution in [0.4, 0.5) is 0 Å². The third-order valence-electron chi connectivity index (χ3n) is 5.38. The summed E-state index contributed by atoms with van der Waals surface area (Å²) in [6.45, 7) is 1.46. The van der Waals surface area contributed by atoms with Crippen LogP contribution in [0.5, 0.6) is 5.75 Å². The van der Waals surface area contributed by atoms with Crippen molar-refractivity contribution in [2.45, 2.75) is 13.0 Å². The number of benzene rings is 3. The molecule has 2 heterocycles. The molecule has 36 heavy (non-hydrogen) atoms. The zero-order valence-electron chi connectivity index (χ0n) is 18.7. The number of halogens is 2. The van der Waals surface area contributed by atoms with Gasteiger partial charge >= 0.3 is 5.97 Å². The van der Waals surface area contributed by atoms with Crippen LogP contribution in [-0.2, 0) is 4.79 Å². The zero-order chi connectivity index (χ0) is 25.4. The Morgan fingerprint density at radius 3 is 2.78 bits per heavy atom. The van der Waals surface area contributed by atoms with Gasteiger partial charge in [-0.2, -0.15) is 9.78 Å². The first-order valence-corrected chi connectivity index (χ1v) is 12.2. The van der Waals surface area contributed by atoms with Gasteiger partial charge in [-0.25, -0.2) is 9.78 Å². The maximum absolute atomic E-state index is 13.4. The molecule has 0 unspecified atom stereocenters. The fourth-order valence-electron chi connectivity index (χ4n) is 3.57. The summed E-state index contributed by atoms with van der Waals surface area (Å²) < 4.78 is 13.3. The summed E-state index contributed by atoms with van der Waals surface area (Å²) in [5.41, 5.74) is 1.45. The molecule has 0 aliphatic heterocycles. The second-order valence-electron chi connectivity index (χ2n) is 7.90. The van der Waals surface area contributed by atoms with Gasteiger partial charge in [0.15, 0.2) is 11.9 Å². The number of ether oxygens (including phenoxy) is 1. The Balaban J connectivity index is 1.59. The van der Waals surface area contributed by atoms with Crippen LogP contribution in [0.1, 0.15) is 12.5 Å². The van der Waals surface area contributed by atoms with Crippen LogP contribution in [-0.4, -0.2) is 33.1 Å². The highest BCUT2D eigenvalue weighted by Gasteiger charge is 2.17. The van der Waals surface area contributed by atoms with E-state index < -0.39 is 12.1 Å². The van der Waals surface area contributed by atoms with Gasteiger partial charge in [-0.05, 0) is 89.7 Å². The van der Waals surface area contributed by atoms with Crippen LogP contribution in [0.15, 0.2) is 81.0 Å². The lowest BCUT2D eigenvalue weighted by Crippen LogP contribution is -2.23. The normalized spacial score (nSPS) is 12.4. The molecular formula is C26H17ClIN3O5. The van der Waals surface area contributed by atoms with Gasteiger partial charge < -0.3 is 14.3 Å². The van der Waals surface area contributed by atoms with Crippen molar-refractivity contribution in [1.29, 1.82) is 0 Å². The SMILES string of the molecule is C[C@H](Oc1ccc(C=Nn2c(-c3cc4cc(Cl)ccc4o3)nc3ccccc3c2=O)cc1I)C(=O)O. The Kier molecular flexibility index (Phi) is 6.50. The molecule has 0 saturated carbocycles. The molecule has 8 nitrogen and oxygen atoms in total. The van der Waals surface area contributed by atoms with Crippen LogP contribution >= 0.6 is 34.2 Å². The molecule has 0 amide bonds. The summed E-state index contributed by atoms with van der Waals surface area (Å²) in [4.78, 5) is 29.1. The van der Waals surface area contributed by atoms with Gasteiger partial charge in [0.2, 0.25) is 5.82 Å². The van der Waals surface area contributed by atoms with Crippen molar-refractivity contribution in [2.24, 2.45) is 5.10 Å². The highest BCUT2D eigenvalue weighted by Crippen LogP contribution is 2.29. The topological polar surface area (TPSA) is 107 Å². The summed E-state index contributed by atoms with van der Waals surface area (Å²) in [6, 6.07) is 19.2. The number of carboxylic acid groups (broad SMARTS) is 1. The second kappa shape index (κ2) is 9.75. The van der Waals surface area contributed by atoms with E-state index in [1.165, 1.54) is 17.8 Å². The van der Waals surface area contributed by atoms with Crippen molar-refractivity contribution in [3.63, 3.8) is 0 Å². The van der Waals surface area contributed by atoms with Crippen LogP contribution in [0.2, 0.25) is 5.02 Å². The summed E-state index contributed by atoms with van der Waals surface area (Å²) in [6.07, 6.45) is 0.537. The number of hydrogen-bond donors (Lipinski definition) is 1. The first kappa shape index (κ1) is 24.0. The van der Waals surface area contributed by atoms with Crippen LogP contribution in [0.25, 0.3) is 33.5 Å².